The van der Waals surface area contributed by atoms with Gasteiger partial charge in [0.1, 0.15) is 36.2 Å². The SMILES string of the molecule is CCCC(C)(CC)C(=O)OCCOc1ccc(C(=O)Oc2ccc(N=Nc3ccc(C#N)cc3)cc2-c2cc(N=Nc3ccc(C#N)cc3)ccc2OC(=O)c2ccc(OC)cc2)cc1. The average Bonchev–Trinajstić information content (AvgIpc) is 3.35. The first-order valence-corrected chi connectivity index (χ1v) is 20.7. The summed E-state index contributed by atoms with van der Waals surface area (Å²) in [7, 11) is 1.52. The number of benzene rings is 6. The highest BCUT2D eigenvalue weighted by atomic mass is 16.6. The first-order valence-electron chi connectivity index (χ1n) is 20.7. The van der Waals surface area contributed by atoms with Crippen molar-refractivity contribution >= 4 is 40.7 Å². The highest BCUT2D eigenvalue weighted by molar-refractivity contribution is 5.95. The highest BCUT2D eigenvalue weighted by Crippen LogP contribution is 2.42. The van der Waals surface area contributed by atoms with Crippen LogP contribution in [0.5, 0.6) is 23.0 Å². The molecule has 0 bridgehead atoms. The smallest absolute Gasteiger partial charge is 0.343 e. The van der Waals surface area contributed by atoms with Crippen LogP contribution in [-0.2, 0) is 9.53 Å². The molecule has 6 aromatic carbocycles. The van der Waals surface area contributed by atoms with Gasteiger partial charge in [0, 0.05) is 11.1 Å². The first kappa shape index (κ1) is 46.0. The van der Waals surface area contributed by atoms with Gasteiger partial charge in [-0.25, -0.2) is 9.59 Å². The number of hydrogen-bond acceptors (Lipinski definition) is 14. The van der Waals surface area contributed by atoms with Crippen LogP contribution >= 0.6 is 0 Å². The van der Waals surface area contributed by atoms with Gasteiger partial charge in [0.25, 0.3) is 0 Å². The van der Waals surface area contributed by atoms with Crippen molar-refractivity contribution in [2.45, 2.75) is 40.0 Å². The van der Waals surface area contributed by atoms with Crippen LogP contribution in [0.4, 0.5) is 22.7 Å². The summed E-state index contributed by atoms with van der Waals surface area (Å²) in [5.74, 6) is -0.447. The number of esters is 3. The number of ether oxygens (including phenoxy) is 5. The Bertz CT molecular complexity index is 2780. The molecule has 0 saturated carbocycles. The van der Waals surface area contributed by atoms with Crippen LogP contribution in [0.25, 0.3) is 11.1 Å². The highest BCUT2D eigenvalue weighted by Gasteiger charge is 2.32. The van der Waals surface area contributed by atoms with Crippen LogP contribution in [0, 0.1) is 28.1 Å². The molecule has 65 heavy (non-hydrogen) atoms. The number of nitriles is 2. The molecule has 0 aromatic heterocycles. The van der Waals surface area contributed by atoms with Gasteiger partial charge in [-0.05, 0) is 153 Å². The molecular formula is C51H44N6O8. The van der Waals surface area contributed by atoms with Crippen molar-refractivity contribution in [2.24, 2.45) is 25.9 Å². The summed E-state index contributed by atoms with van der Waals surface area (Å²) in [6.07, 6.45) is 2.28. The van der Waals surface area contributed by atoms with Crippen LogP contribution in [0.15, 0.2) is 154 Å². The third-order valence-corrected chi connectivity index (χ3v) is 10.3. The third kappa shape index (κ3) is 12.3. The van der Waals surface area contributed by atoms with E-state index in [1.165, 1.54) is 7.11 Å². The molecule has 1 atom stereocenters. The van der Waals surface area contributed by atoms with E-state index >= 15 is 0 Å². The molecule has 0 radical (unpaired) electrons. The topological polar surface area (TPSA) is 194 Å². The summed E-state index contributed by atoms with van der Waals surface area (Å²) in [4.78, 5) is 40.1. The molecule has 0 fully saturated rings. The van der Waals surface area contributed by atoms with E-state index in [1.54, 1.807) is 133 Å². The summed E-state index contributed by atoms with van der Waals surface area (Å²) >= 11 is 0. The minimum atomic E-state index is -0.707. The van der Waals surface area contributed by atoms with E-state index in [-0.39, 0.29) is 47.4 Å². The van der Waals surface area contributed by atoms with Gasteiger partial charge in [-0.1, -0.05) is 20.3 Å². The van der Waals surface area contributed by atoms with Gasteiger partial charge in [-0.2, -0.15) is 31.0 Å². The number of nitrogens with zero attached hydrogens (tertiary/aromatic N) is 6. The Kier molecular flexibility index (Phi) is 15.6. The van der Waals surface area contributed by atoms with Crippen molar-refractivity contribution < 1.29 is 38.1 Å². The maximum atomic E-state index is 13.8. The van der Waals surface area contributed by atoms with Crippen molar-refractivity contribution in [3.8, 4) is 46.3 Å². The molecule has 326 valence electrons. The molecule has 0 aliphatic rings. The zero-order chi connectivity index (χ0) is 46.2. The van der Waals surface area contributed by atoms with E-state index in [0.717, 1.165) is 12.8 Å². The van der Waals surface area contributed by atoms with Gasteiger partial charge in [0.05, 0.1) is 69.7 Å². The predicted molar refractivity (Wildman–Crippen MR) is 242 cm³/mol. The van der Waals surface area contributed by atoms with E-state index in [0.29, 0.717) is 57.4 Å². The summed E-state index contributed by atoms with van der Waals surface area (Å²) in [5.41, 5.74) is 3.09. The molecule has 0 amide bonds. The van der Waals surface area contributed by atoms with Crippen LogP contribution < -0.4 is 18.9 Å². The lowest BCUT2D eigenvalue weighted by atomic mass is 9.83. The Labute approximate surface area is 376 Å². The zero-order valence-corrected chi connectivity index (χ0v) is 36.2. The fraction of sp³-hybridized carbons (Fsp3) is 0.196. The Morgan fingerprint density at radius 2 is 1.00 bits per heavy atom. The molecule has 6 aromatic rings. The van der Waals surface area contributed by atoms with E-state index in [1.807, 2.05) is 20.8 Å². The lowest BCUT2D eigenvalue weighted by Gasteiger charge is -2.25. The van der Waals surface area contributed by atoms with Gasteiger partial charge in [0.15, 0.2) is 0 Å². The fourth-order valence-electron chi connectivity index (χ4n) is 6.37. The Morgan fingerprint density at radius 3 is 1.42 bits per heavy atom. The predicted octanol–water partition coefficient (Wildman–Crippen LogP) is 12.5. The maximum absolute atomic E-state index is 13.8. The minimum absolute atomic E-state index is 0.0726. The monoisotopic (exact) mass is 868 g/mol. The van der Waals surface area contributed by atoms with Crippen LogP contribution in [-0.4, -0.2) is 38.2 Å². The summed E-state index contributed by atoms with van der Waals surface area (Å²) in [6.45, 7) is 6.10. The molecule has 0 spiro atoms. The average molecular weight is 869 g/mol. The van der Waals surface area contributed by atoms with E-state index in [2.05, 4.69) is 32.6 Å². The summed E-state index contributed by atoms with van der Waals surface area (Å²) < 4.78 is 28.6. The van der Waals surface area contributed by atoms with Gasteiger partial charge in [-0.15, -0.1) is 0 Å². The number of rotatable bonds is 18. The van der Waals surface area contributed by atoms with Gasteiger partial charge in [0.2, 0.25) is 0 Å². The quantitative estimate of drug-likeness (QED) is 0.0347. The second-order valence-corrected chi connectivity index (χ2v) is 14.8. The van der Waals surface area contributed by atoms with Crippen LogP contribution in [0.3, 0.4) is 0 Å². The Balaban J connectivity index is 1.32. The fourth-order valence-corrected chi connectivity index (χ4v) is 6.37. The van der Waals surface area contributed by atoms with Gasteiger partial charge < -0.3 is 23.7 Å². The number of carbonyl (C=O) groups excluding carboxylic acids is 3. The van der Waals surface area contributed by atoms with Crippen LogP contribution in [0.1, 0.15) is 71.9 Å². The van der Waals surface area contributed by atoms with E-state index < -0.39 is 17.4 Å². The van der Waals surface area contributed by atoms with Crippen LogP contribution in [0.2, 0.25) is 0 Å². The molecule has 0 saturated heterocycles. The van der Waals surface area contributed by atoms with Gasteiger partial charge >= 0.3 is 17.9 Å². The number of hydrogen-bond donors (Lipinski definition) is 0. The Hall–Kier alpha value is -8.49. The lowest BCUT2D eigenvalue weighted by molar-refractivity contribution is -0.156. The molecule has 14 nitrogen and oxygen atoms in total. The largest absolute Gasteiger partial charge is 0.497 e. The van der Waals surface area contributed by atoms with Crippen molar-refractivity contribution in [3.05, 3.63) is 156 Å². The molecule has 14 heteroatoms. The second kappa shape index (κ2) is 22.0. The standard InChI is InChI=1S/C51H44N6O8/c1-5-27-51(3,6-2)50(60)63-29-28-62-43-23-13-37(14-24-43)49(59)65-47-26-20-41(57-55-39-17-9-35(33-53)10-18-39)31-45(47)44-30-40(56-54-38-15-7-34(32-52)8-16-38)19-25-46(44)64-48(58)36-11-21-42(61-4)22-12-36/h7-26,30-31H,5-6,27-29H2,1-4H3. The zero-order valence-electron chi connectivity index (χ0n) is 36.2. The first-order chi connectivity index (χ1) is 31.5. The van der Waals surface area contributed by atoms with Crippen molar-refractivity contribution in [2.75, 3.05) is 20.3 Å². The lowest BCUT2D eigenvalue weighted by Crippen LogP contribution is -2.30. The molecule has 0 aliphatic carbocycles. The number of azo groups is 2. The number of methoxy groups -OCH3 is 1. The minimum Gasteiger partial charge on any atom is -0.497 e. The molecule has 0 N–H and O–H groups in total. The number of carbonyl (C=O) groups is 3. The normalized spacial score (nSPS) is 11.8. The van der Waals surface area contributed by atoms with E-state index in [9.17, 15) is 24.9 Å². The Morgan fingerprint density at radius 1 is 0.569 bits per heavy atom. The van der Waals surface area contributed by atoms with E-state index in [4.69, 9.17) is 23.7 Å². The second-order valence-electron chi connectivity index (χ2n) is 14.8. The third-order valence-electron chi connectivity index (χ3n) is 10.3. The molecular weight excluding hydrogens is 825 g/mol. The molecule has 0 aliphatic heterocycles. The molecule has 6 rings (SSSR count). The summed E-state index contributed by atoms with van der Waals surface area (Å²) in [5, 5.41) is 35.9. The van der Waals surface area contributed by atoms with Crippen molar-refractivity contribution in [3.63, 3.8) is 0 Å². The molecule has 0 heterocycles. The van der Waals surface area contributed by atoms with Crippen molar-refractivity contribution in [1.82, 2.24) is 0 Å². The summed E-state index contributed by atoms with van der Waals surface area (Å²) in [6, 6.07) is 39.5. The molecule has 1 unspecified atom stereocenters. The van der Waals surface area contributed by atoms with Crippen molar-refractivity contribution in [1.29, 1.82) is 10.5 Å². The van der Waals surface area contributed by atoms with Gasteiger partial charge in [-0.3, -0.25) is 4.79 Å². The maximum Gasteiger partial charge on any atom is 0.343 e.